The summed E-state index contributed by atoms with van der Waals surface area (Å²) in [7, 11) is 1.96. The van der Waals surface area contributed by atoms with E-state index in [1.165, 1.54) is 0 Å². The number of carbonyl (C=O) groups excluding carboxylic acids is 1. The molecule has 0 spiro atoms. The van der Waals surface area contributed by atoms with Crippen LogP contribution < -0.4 is 5.32 Å². The van der Waals surface area contributed by atoms with Crippen LogP contribution in [0.4, 0.5) is 5.82 Å². The topological polar surface area (TPSA) is 90.5 Å². The molecule has 1 amide bonds. The zero-order valence-corrected chi connectivity index (χ0v) is 16.2. The molecule has 0 aliphatic rings. The summed E-state index contributed by atoms with van der Waals surface area (Å²) < 4.78 is 3.74. The van der Waals surface area contributed by atoms with Gasteiger partial charge in [-0.25, -0.2) is 9.97 Å². The first-order chi connectivity index (χ1) is 13.4. The number of imidazole rings is 1. The first kappa shape index (κ1) is 17.8. The highest BCUT2D eigenvalue weighted by molar-refractivity contribution is 6.04. The van der Waals surface area contributed by atoms with E-state index < -0.39 is 0 Å². The molecule has 0 saturated heterocycles. The first-order valence-corrected chi connectivity index (χ1v) is 9.02. The summed E-state index contributed by atoms with van der Waals surface area (Å²) in [6, 6.07) is 4.01. The summed E-state index contributed by atoms with van der Waals surface area (Å²) in [5.41, 5.74) is 2.25. The minimum atomic E-state index is -0.240. The second-order valence-electron chi connectivity index (χ2n) is 6.99. The monoisotopic (exact) mass is 375 g/mol. The predicted octanol–water partition coefficient (Wildman–Crippen LogP) is 3.37. The van der Waals surface area contributed by atoms with Gasteiger partial charge in [0.1, 0.15) is 11.6 Å². The van der Waals surface area contributed by atoms with Crippen LogP contribution in [-0.2, 0) is 7.05 Å². The summed E-state index contributed by atoms with van der Waals surface area (Å²) in [5.74, 6) is 1.16. The number of hydrogen-bond acceptors (Lipinski definition) is 5. The number of anilines is 1. The Hall–Kier alpha value is -3.55. The molecule has 28 heavy (non-hydrogen) atoms. The lowest BCUT2D eigenvalue weighted by atomic mass is 10.1. The quantitative estimate of drug-likeness (QED) is 0.591. The van der Waals surface area contributed by atoms with E-state index in [0.717, 1.165) is 28.0 Å². The van der Waals surface area contributed by atoms with Crippen molar-refractivity contribution in [2.75, 3.05) is 5.32 Å². The number of fused-ring (bicyclic) bond motifs is 1. The van der Waals surface area contributed by atoms with Crippen LogP contribution in [0.3, 0.4) is 0 Å². The van der Waals surface area contributed by atoms with E-state index in [2.05, 4.69) is 25.4 Å². The van der Waals surface area contributed by atoms with Gasteiger partial charge in [-0.15, -0.1) is 0 Å². The standard InChI is InChI=1S/C20H21N7O/c1-12(2)27-11-16(9-24-27)20(28)25-19-6-14-5-17(22-7-15(14)8-23-19)18-10-21-13(3)26(18)4/h5-12H,1-4H3,(H,23,25,28). The van der Waals surface area contributed by atoms with Crippen molar-refractivity contribution in [1.29, 1.82) is 0 Å². The lowest BCUT2D eigenvalue weighted by molar-refractivity contribution is 0.102. The third-order valence-electron chi connectivity index (χ3n) is 4.72. The normalized spacial score (nSPS) is 11.3. The van der Waals surface area contributed by atoms with Crippen LogP contribution in [0.15, 0.2) is 43.1 Å². The van der Waals surface area contributed by atoms with Gasteiger partial charge in [0.05, 0.1) is 29.3 Å². The number of nitrogens with one attached hydrogen (secondary N) is 1. The van der Waals surface area contributed by atoms with Gasteiger partial charge in [0.25, 0.3) is 5.91 Å². The molecule has 0 saturated carbocycles. The van der Waals surface area contributed by atoms with Gasteiger partial charge in [-0.3, -0.25) is 14.5 Å². The maximum atomic E-state index is 12.5. The molecule has 0 bridgehead atoms. The molecule has 8 nitrogen and oxygen atoms in total. The molecule has 4 aromatic heterocycles. The number of aromatic nitrogens is 6. The van der Waals surface area contributed by atoms with Crippen LogP contribution >= 0.6 is 0 Å². The highest BCUT2D eigenvalue weighted by Crippen LogP contribution is 2.23. The van der Waals surface area contributed by atoms with Gasteiger partial charge < -0.3 is 9.88 Å². The van der Waals surface area contributed by atoms with Crippen molar-refractivity contribution in [3.63, 3.8) is 0 Å². The molecule has 0 aromatic carbocycles. The lowest BCUT2D eigenvalue weighted by Crippen LogP contribution is -2.12. The van der Waals surface area contributed by atoms with Gasteiger partial charge in [-0.2, -0.15) is 5.10 Å². The minimum absolute atomic E-state index is 0.196. The van der Waals surface area contributed by atoms with Crippen molar-refractivity contribution < 1.29 is 4.79 Å². The van der Waals surface area contributed by atoms with Crippen molar-refractivity contribution >= 4 is 22.5 Å². The van der Waals surface area contributed by atoms with Crippen molar-refractivity contribution in [3.05, 3.63) is 54.5 Å². The molecule has 8 heteroatoms. The van der Waals surface area contributed by atoms with Crippen molar-refractivity contribution in [1.82, 2.24) is 29.3 Å². The van der Waals surface area contributed by atoms with E-state index in [1.807, 2.05) is 44.5 Å². The highest BCUT2D eigenvalue weighted by Gasteiger charge is 2.12. The van der Waals surface area contributed by atoms with E-state index in [0.29, 0.717) is 11.4 Å². The average molecular weight is 375 g/mol. The number of amides is 1. The number of aryl methyl sites for hydroxylation is 1. The Bertz CT molecular complexity index is 1170. The van der Waals surface area contributed by atoms with Crippen LogP contribution in [0.1, 0.15) is 36.1 Å². The first-order valence-electron chi connectivity index (χ1n) is 9.02. The average Bonchev–Trinajstić information content (AvgIpc) is 3.29. The maximum absolute atomic E-state index is 12.5. The molecular formula is C20H21N7O. The van der Waals surface area contributed by atoms with Crippen molar-refractivity contribution in [2.45, 2.75) is 26.8 Å². The number of hydrogen-bond donors (Lipinski definition) is 1. The van der Waals surface area contributed by atoms with Gasteiger partial charge in [-0.1, -0.05) is 0 Å². The molecule has 4 heterocycles. The number of rotatable bonds is 4. The van der Waals surface area contributed by atoms with Crippen LogP contribution in [0, 0.1) is 6.92 Å². The van der Waals surface area contributed by atoms with Gasteiger partial charge in [0.15, 0.2) is 0 Å². The van der Waals surface area contributed by atoms with Crippen LogP contribution in [0.2, 0.25) is 0 Å². The molecule has 4 rings (SSSR count). The van der Waals surface area contributed by atoms with Gasteiger partial charge in [0.2, 0.25) is 0 Å². The Labute approximate surface area is 162 Å². The Morgan fingerprint density at radius 1 is 1.04 bits per heavy atom. The second kappa shape index (κ2) is 6.88. The molecule has 0 fully saturated rings. The fourth-order valence-electron chi connectivity index (χ4n) is 2.91. The zero-order valence-electron chi connectivity index (χ0n) is 16.2. The van der Waals surface area contributed by atoms with Crippen molar-refractivity contribution in [2.24, 2.45) is 7.05 Å². The van der Waals surface area contributed by atoms with E-state index in [4.69, 9.17) is 0 Å². The molecule has 0 atom stereocenters. The Morgan fingerprint density at radius 3 is 2.50 bits per heavy atom. The van der Waals surface area contributed by atoms with E-state index in [1.54, 1.807) is 35.7 Å². The molecule has 1 N–H and O–H groups in total. The minimum Gasteiger partial charge on any atom is -0.330 e. The van der Waals surface area contributed by atoms with Gasteiger partial charge >= 0.3 is 0 Å². The van der Waals surface area contributed by atoms with Crippen LogP contribution in [-0.4, -0.2) is 35.2 Å². The number of pyridine rings is 2. The Balaban J connectivity index is 1.62. The molecule has 0 aliphatic heterocycles. The summed E-state index contributed by atoms with van der Waals surface area (Å²) in [5, 5.41) is 8.87. The summed E-state index contributed by atoms with van der Waals surface area (Å²) in [6.07, 6.45) is 8.57. The number of carbonyl (C=O) groups is 1. The third-order valence-corrected chi connectivity index (χ3v) is 4.72. The Morgan fingerprint density at radius 2 is 1.82 bits per heavy atom. The predicted molar refractivity (Wildman–Crippen MR) is 107 cm³/mol. The molecule has 0 radical (unpaired) electrons. The van der Waals surface area contributed by atoms with Gasteiger partial charge in [-0.05, 0) is 38.3 Å². The van der Waals surface area contributed by atoms with E-state index in [9.17, 15) is 4.79 Å². The van der Waals surface area contributed by atoms with E-state index in [-0.39, 0.29) is 11.9 Å². The zero-order chi connectivity index (χ0) is 19.8. The summed E-state index contributed by atoms with van der Waals surface area (Å²) in [6.45, 7) is 5.97. The summed E-state index contributed by atoms with van der Waals surface area (Å²) >= 11 is 0. The van der Waals surface area contributed by atoms with Crippen molar-refractivity contribution in [3.8, 4) is 11.4 Å². The molecule has 0 aliphatic carbocycles. The molecule has 142 valence electrons. The third kappa shape index (κ3) is 3.24. The largest absolute Gasteiger partial charge is 0.330 e. The summed E-state index contributed by atoms with van der Waals surface area (Å²) in [4.78, 5) is 25.6. The maximum Gasteiger partial charge on any atom is 0.260 e. The molecular weight excluding hydrogens is 354 g/mol. The Kier molecular flexibility index (Phi) is 4.38. The van der Waals surface area contributed by atoms with Crippen LogP contribution in [0.5, 0.6) is 0 Å². The molecule has 0 unspecified atom stereocenters. The SMILES string of the molecule is Cc1ncc(-c2cc3cc(NC(=O)c4cnn(C(C)C)c4)ncc3cn2)n1C. The lowest BCUT2D eigenvalue weighted by Gasteiger charge is -2.07. The van der Waals surface area contributed by atoms with E-state index >= 15 is 0 Å². The second-order valence-corrected chi connectivity index (χ2v) is 6.99. The number of nitrogens with zero attached hydrogens (tertiary/aromatic N) is 6. The highest BCUT2D eigenvalue weighted by atomic mass is 16.1. The fourth-order valence-corrected chi connectivity index (χ4v) is 2.91. The molecule has 4 aromatic rings. The fraction of sp³-hybridized carbons (Fsp3) is 0.250. The van der Waals surface area contributed by atoms with Crippen LogP contribution in [0.25, 0.3) is 22.2 Å². The van der Waals surface area contributed by atoms with Gasteiger partial charge in [0, 0.05) is 37.1 Å². The smallest absolute Gasteiger partial charge is 0.260 e.